The average Bonchev–Trinajstić information content (AvgIpc) is 2.44. The normalized spacial score (nSPS) is 14.3. The number of carbonyl (C=O) groups excluding carboxylic acids is 1. The number of aryl methyl sites for hydroxylation is 1. The van der Waals surface area contributed by atoms with Gasteiger partial charge in [-0.3, -0.25) is 14.9 Å². The van der Waals surface area contributed by atoms with Crippen LogP contribution in [-0.4, -0.2) is 30.1 Å². The van der Waals surface area contributed by atoms with Gasteiger partial charge in [0.25, 0.3) is 5.69 Å². The minimum atomic E-state index is -0.451. The summed E-state index contributed by atoms with van der Waals surface area (Å²) in [5.41, 5.74) is 1.36. The topological polar surface area (TPSA) is 93.5 Å². The highest BCUT2D eigenvalue weighted by Crippen LogP contribution is 2.34. The van der Waals surface area contributed by atoms with Crippen molar-refractivity contribution in [2.45, 2.75) is 32.3 Å². The van der Waals surface area contributed by atoms with Crippen molar-refractivity contribution < 1.29 is 14.5 Å². The predicted molar refractivity (Wildman–Crippen MR) is 79.6 cm³/mol. The van der Waals surface area contributed by atoms with Gasteiger partial charge in [0.1, 0.15) is 5.69 Å². The van der Waals surface area contributed by atoms with Crippen LogP contribution in [0.15, 0.2) is 12.1 Å². The van der Waals surface area contributed by atoms with Crippen molar-refractivity contribution in [3.63, 3.8) is 0 Å². The number of nitrogens with one attached hydrogen (secondary N) is 2. The molecule has 0 bridgehead atoms. The highest BCUT2D eigenvalue weighted by atomic mass is 16.6. The Kier molecular flexibility index (Phi) is 4.13. The van der Waals surface area contributed by atoms with E-state index in [0.29, 0.717) is 30.8 Å². The highest BCUT2D eigenvalue weighted by Gasteiger charge is 2.24. The van der Waals surface area contributed by atoms with Crippen molar-refractivity contribution in [1.82, 2.24) is 0 Å². The summed E-state index contributed by atoms with van der Waals surface area (Å²) < 4.78 is 5.29. The molecule has 7 nitrogen and oxygen atoms in total. The SMILES string of the molecule is COC(C)(C)CNc1cc2c(cc1[N+](=O)[O-])CCC(=O)N2. The van der Waals surface area contributed by atoms with Gasteiger partial charge < -0.3 is 15.4 Å². The van der Waals surface area contributed by atoms with E-state index in [9.17, 15) is 14.9 Å². The molecule has 0 unspecified atom stereocenters. The van der Waals surface area contributed by atoms with Gasteiger partial charge in [-0.2, -0.15) is 0 Å². The summed E-state index contributed by atoms with van der Waals surface area (Å²) in [4.78, 5) is 22.2. The third-order valence-corrected chi connectivity index (χ3v) is 3.57. The fourth-order valence-corrected chi connectivity index (χ4v) is 2.09. The molecular weight excluding hydrogens is 274 g/mol. The van der Waals surface area contributed by atoms with E-state index in [4.69, 9.17) is 4.74 Å². The first-order valence-corrected chi connectivity index (χ1v) is 6.72. The Balaban J connectivity index is 2.32. The Bertz CT molecular complexity index is 584. The van der Waals surface area contributed by atoms with Gasteiger partial charge in [-0.15, -0.1) is 0 Å². The van der Waals surface area contributed by atoms with E-state index in [2.05, 4.69) is 10.6 Å². The van der Waals surface area contributed by atoms with E-state index in [1.54, 1.807) is 13.2 Å². The molecule has 0 fully saturated rings. The molecule has 0 aromatic heterocycles. The number of anilines is 2. The van der Waals surface area contributed by atoms with Crippen molar-refractivity contribution in [2.24, 2.45) is 0 Å². The molecule has 2 rings (SSSR count). The average molecular weight is 293 g/mol. The summed E-state index contributed by atoms with van der Waals surface area (Å²) in [6.45, 7) is 4.18. The van der Waals surface area contributed by atoms with E-state index in [1.807, 2.05) is 13.8 Å². The molecule has 0 spiro atoms. The van der Waals surface area contributed by atoms with Gasteiger partial charge in [0.15, 0.2) is 0 Å². The lowest BCUT2D eigenvalue weighted by atomic mass is 10.0. The van der Waals surface area contributed by atoms with E-state index >= 15 is 0 Å². The molecule has 0 radical (unpaired) electrons. The summed E-state index contributed by atoms with van der Waals surface area (Å²) in [7, 11) is 1.59. The van der Waals surface area contributed by atoms with Crippen LogP contribution in [0.25, 0.3) is 0 Å². The molecule has 0 atom stereocenters. The Morgan fingerprint density at radius 2 is 2.14 bits per heavy atom. The van der Waals surface area contributed by atoms with Crippen LogP contribution in [0.4, 0.5) is 17.1 Å². The van der Waals surface area contributed by atoms with Crippen LogP contribution in [0.3, 0.4) is 0 Å². The number of ether oxygens (including phenoxy) is 1. The van der Waals surface area contributed by atoms with Crippen LogP contribution in [0, 0.1) is 10.1 Å². The fraction of sp³-hybridized carbons (Fsp3) is 0.500. The highest BCUT2D eigenvalue weighted by molar-refractivity contribution is 5.95. The molecule has 1 heterocycles. The molecule has 21 heavy (non-hydrogen) atoms. The van der Waals surface area contributed by atoms with Crippen LogP contribution in [0.5, 0.6) is 0 Å². The van der Waals surface area contributed by atoms with E-state index < -0.39 is 10.5 Å². The smallest absolute Gasteiger partial charge is 0.292 e. The summed E-state index contributed by atoms with van der Waals surface area (Å²) in [5, 5.41) is 17.0. The lowest BCUT2D eigenvalue weighted by molar-refractivity contribution is -0.384. The molecule has 1 amide bonds. The second-order valence-electron chi connectivity index (χ2n) is 5.65. The maximum Gasteiger partial charge on any atom is 0.292 e. The molecule has 0 saturated heterocycles. The molecule has 0 aliphatic carbocycles. The van der Waals surface area contributed by atoms with Gasteiger partial charge in [-0.1, -0.05) is 0 Å². The van der Waals surface area contributed by atoms with Crippen LogP contribution < -0.4 is 10.6 Å². The zero-order chi connectivity index (χ0) is 15.6. The van der Waals surface area contributed by atoms with Crippen molar-refractivity contribution >= 4 is 23.0 Å². The van der Waals surface area contributed by atoms with Gasteiger partial charge in [0.2, 0.25) is 5.91 Å². The molecule has 0 saturated carbocycles. The van der Waals surface area contributed by atoms with Crippen molar-refractivity contribution in [2.75, 3.05) is 24.3 Å². The molecule has 1 aliphatic rings. The largest absolute Gasteiger partial charge is 0.377 e. The molecule has 1 aromatic carbocycles. The van der Waals surface area contributed by atoms with Gasteiger partial charge >= 0.3 is 0 Å². The number of methoxy groups -OCH3 is 1. The summed E-state index contributed by atoms with van der Waals surface area (Å²) in [5.74, 6) is -0.0699. The number of nitrogens with zero attached hydrogens (tertiary/aromatic N) is 1. The molecule has 114 valence electrons. The number of amides is 1. The number of carbonyl (C=O) groups is 1. The number of hydrogen-bond acceptors (Lipinski definition) is 5. The molecule has 1 aromatic rings. The van der Waals surface area contributed by atoms with Crippen LogP contribution in [-0.2, 0) is 16.0 Å². The number of nitro groups is 1. The first-order valence-electron chi connectivity index (χ1n) is 6.72. The number of rotatable bonds is 5. The first-order chi connectivity index (χ1) is 9.82. The summed E-state index contributed by atoms with van der Waals surface area (Å²) >= 11 is 0. The standard InChI is InChI=1S/C14H19N3O4/c1-14(2,21-3)8-15-11-7-10-9(4-5-13(18)16-10)6-12(11)17(19)20/h6-7,15H,4-5,8H2,1-3H3,(H,16,18). The first kappa shape index (κ1) is 15.2. The quantitative estimate of drug-likeness (QED) is 0.642. The number of benzene rings is 1. The number of hydrogen-bond donors (Lipinski definition) is 2. The van der Waals surface area contributed by atoms with Crippen LogP contribution in [0.1, 0.15) is 25.8 Å². The van der Waals surface area contributed by atoms with Gasteiger partial charge in [-0.05, 0) is 31.9 Å². The Labute approximate surface area is 122 Å². The van der Waals surface area contributed by atoms with Crippen LogP contribution in [0.2, 0.25) is 0 Å². The van der Waals surface area contributed by atoms with E-state index in [1.165, 1.54) is 6.07 Å². The van der Waals surface area contributed by atoms with Crippen molar-refractivity contribution in [3.8, 4) is 0 Å². The van der Waals surface area contributed by atoms with Gasteiger partial charge in [0, 0.05) is 31.8 Å². The summed E-state index contributed by atoms with van der Waals surface area (Å²) in [6.07, 6.45) is 0.874. The lowest BCUT2D eigenvalue weighted by Crippen LogP contribution is -2.32. The second-order valence-corrected chi connectivity index (χ2v) is 5.65. The van der Waals surface area contributed by atoms with Crippen LogP contribution >= 0.6 is 0 Å². The molecular formula is C14H19N3O4. The van der Waals surface area contributed by atoms with Crippen molar-refractivity contribution in [1.29, 1.82) is 0 Å². The predicted octanol–water partition coefficient (Wildman–Crippen LogP) is 2.32. The van der Waals surface area contributed by atoms with E-state index in [0.717, 1.165) is 5.56 Å². The Hall–Kier alpha value is -2.15. The zero-order valence-corrected chi connectivity index (χ0v) is 12.4. The van der Waals surface area contributed by atoms with Gasteiger partial charge in [0.05, 0.1) is 10.5 Å². The Morgan fingerprint density at radius 1 is 1.43 bits per heavy atom. The minimum absolute atomic E-state index is 0.0109. The molecule has 2 N–H and O–H groups in total. The second kappa shape index (κ2) is 5.69. The van der Waals surface area contributed by atoms with Crippen molar-refractivity contribution in [3.05, 3.63) is 27.8 Å². The number of fused-ring (bicyclic) bond motifs is 1. The molecule has 7 heteroatoms. The maximum atomic E-state index is 11.4. The summed E-state index contributed by atoms with van der Waals surface area (Å²) in [6, 6.07) is 3.15. The van der Waals surface area contributed by atoms with Gasteiger partial charge in [-0.25, -0.2) is 0 Å². The third-order valence-electron chi connectivity index (χ3n) is 3.57. The monoisotopic (exact) mass is 293 g/mol. The minimum Gasteiger partial charge on any atom is -0.377 e. The maximum absolute atomic E-state index is 11.4. The Morgan fingerprint density at radius 3 is 2.76 bits per heavy atom. The number of nitro benzene ring substituents is 1. The fourth-order valence-electron chi connectivity index (χ4n) is 2.09. The third kappa shape index (κ3) is 3.49. The zero-order valence-electron chi connectivity index (χ0n) is 12.4. The lowest BCUT2D eigenvalue weighted by Gasteiger charge is -2.24. The molecule has 1 aliphatic heterocycles. The van der Waals surface area contributed by atoms with E-state index in [-0.39, 0.29) is 11.6 Å².